The van der Waals surface area contributed by atoms with Crippen LogP contribution in [-0.2, 0) is 17.8 Å². The zero-order chi connectivity index (χ0) is 20.8. The summed E-state index contributed by atoms with van der Waals surface area (Å²) >= 11 is 1.53. The molecule has 8 nitrogen and oxygen atoms in total. The number of aromatic nitrogens is 2. The molecule has 0 fully saturated rings. The minimum absolute atomic E-state index is 0.0457. The van der Waals surface area contributed by atoms with Crippen LogP contribution in [0.15, 0.2) is 30.5 Å². The van der Waals surface area contributed by atoms with Gasteiger partial charge in [0.15, 0.2) is 0 Å². The molecule has 0 saturated heterocycles. The second kappa shape index (κ2) is 9.33. The Morgan fingerprint density at radius 2 is 2.14 bits per heavy atom. The molecular weight excluding hydrogens is 390 g/mol. The molecule has 1 aliphatic heterocycles. The van der Waals surface area contributed by atoms with Crippen LogP contribution >= 0.6 is 11.3 Å². The predicted octanol–water partition coefficient (Wildman–Crippen LogP) is 1.93. The first-order chi connectivity index (χ1) is 14.0. The molecular formula is C20H23N5O3S. The van der Waals surface area contributed by atoms with Crippen LogP contribution in [0.1, 0.15) is 37.4 Å². The second-order valence-corrected chi connectivity index (χ2v) is 7.63. The second-order valence-electron chi connectivity index (χ2n) is 6.50. The number of nitrogens with zero attached hydrogens (tertiary/aromatic N) is 2. The number of hydrogen-bond donors (Lipinski definition) is 3. The number of nitrogens with one attached hydrogen (secondary N) is 3. The summed E-state index contributed by atoms with van der Waals surface area (Å²) in [5, 5.41) is 13.0. The Kier molecular flexibility index (Phi) is 6.61. The lowest BCUT2D eigenvalue weighted by atomic mass is 10.1. The molecule has 29 heavy (non-hydrogen) atoms. The minimum atomic E-state index is -0.0490. The van der Waals surface area contributed by atoms with Crippen LogP contribution in [0.3, 0.4) is 0 Å². The van der Waals surface area contributed by atoms with E-state index in [0.29, 0.717) is 18.7 Å². The topological polar surface area (TPSA) is 107 Å². The molecule has 0 unspecified atom stereocenters. The zero-order valence-corrected chi connectivity index (χ0v) is 17.1. The van der Waals surface area contributed by atoms with E-state index >= 15 is 0 Å². The summed E-state index contributed by atoms with van der Waals surface area (Å²) in [4.78, 5) is 37.2. The van der Waals surface area contributed by atoms with Crippen LogP contribution < -0.4 is 10.6 Å². The van der Waals surface area contributed by atoms with Crippen molar-refractivity contribution in [1.82, 2.24) is 25.7 Å². The Hall–Kier alpha value is -3.20. The van der Waals surface area contributed by atoms with Gasteiger partial charge in [0.25, 0.3) is 11.8 Å². The van der Waals surface area contributed by atoms with Gasteiger partial charge in [-0.2, -0.15) is 5.10 Å². The van der Waals surface area contributed by atoms with Gasteiger partial charge in [0.1, 0.15) is 0 Å². The third kappa shape index (κ3) is 4.80. The van der Waals surface area contributed by atoms with Gasteiger partial charge in [-0.05, 0) is 43.2 Å². The number of carbonyl (C=O) groups excluding carboxylic acids is 3. The number of aromatic amines is 1. The number of hydrogen-bond acceptors (Lipinski definition) is 5. The number of rotatable bonds is 4. The van der Waals surface area contributed by atoms with Gasteiger partial charge in [-0.15, -0.1) is 11.3 Å². The Balaban J connectivity index is 0.000000166. The zero-order valence-electron chi connectivity index (χ0n) is 16.3. The van der Waals surface area contributed by atoms with E-state index in [1.54, 1.807) is 24.2 Å². The Bertz CT molecular complexity index is 1030. The summed E-state index contributed by atoms with van der Waals surface area (Å²) < 4.78 is 0. The molecule has 2 aromatic heterocycles. The average molecular weight is 414 g/mol. The molecule has 1 aromatic carbocycles. The number of thiophene rings is 1. The van der Waals surface area contributed by atoms with Crippen molar-refractivity contribution in [3.63, 3.8) is 0 Å². The van der Waals surface area contributed by atoms with Gasteiger partial charge < -0.3 is 15.5 Å². The van der Waals surface area contributed by atoms with Crippen molar-refractivity contribution in [3.05, 3.63) is 51.3 Å². The maximum atomic E-state index is 11.5. The largest absolute Gasteiger partial charge is 0.354 e. The molecule has 3 heterocycles. The molecule has 0 bridgehead atoms. The van der Waals surface area contributed by atoms with E-state index in [0.717, 1.165) is 40.7 Å². The first kappa shape index (κ1) is 20.5. The molecule has 0 aliphatic carbocycles. The summed E-state index contributed by atoms with van der Waals surface area (Å²) in [6.45, 7) is 3.92. The van der Waals surface area contributed by atoms with Crippen LogP contribution in [0.25, 0.3) is 10.9 Å². The molecule has 0 atom stereocenters. The number of fused-ring (bicyclic) bond motifs is 2. The van der Waals surface area contributed by atoms with E-state index in [4.69, 9.17) is 0 Å². The molecule has 0 saturated carbocycles. The van der Waals surface area contributed by atoms with Crippen molar-refractivity contribution in [3.8, 4) is 0 Å². The van der Waals surface area contributed by atoms with E-state index in [2.05, 4.69) is 20.8 Å². The molecule has 152 valence electrons. The van der Waals surface area contributed by atoms with Crippen molar-refractivity contribution in [1.29, 1.82) is 0 Å². The highest BCUT2D eigenvalue weighted by molar-refractivity contribution is 7.14. The predicted molar refractivity (Wildman–Crippen MR) is 112 cm³/mol. The molecule has 0 spiro atoms. The summed E-state index contributed by atoms with van der Waals surface area (Å²) in [5.41, 5.74) is 2.72. The van der Waals surface area contributed by atoms with Crippen molar-refractivity contribution < 1.29 is 14.4 Å². The normalized spacial score (nSPS) is 12.6. The van der Waals surface area contributed by atoms with E-state index in [-0.39, 0.29) is 11.8 Å². The highest BCUT2D eigenvalue weighted by Crippen LogP contribution is 2.27. The molecule has 1 aliphatic rings. The fourth-order valence-electron chi connectivity index (χ4n) is 3.03. The van der Waals surface area contributed by atoms with Gasteiger partial charge in [0, 0.05) is 42.5 Å². The maximum absolute atomic E-state index is 11.5. The van der Waals surface area contributed by atoms with Gasteiger partial charge in [0.2, 0.25) is 6.41 Å². The summed E-state index contributed by atoms with van der Waals surface area (Å²) in [5.74, 6) is -0.0948. The average Bonchev–Trinajstić information content (AvgIpc) is 3.39. The Morgan fingerprint density at radius 1 is 1.31 bits per heavy atom. The summed E-state index contributed by atoms with van der Waals surface area (Å²) in [7, 11) is 1.62. The number of amides is 3. The van der Waals surface area contributed by atoms with E-state index in [1.807, 2.05) is 25.1 Å². The van der Waals surface area contributed by atoms with Crippen LogP contribution in [0.2, 0.25) is 0 Å². The van der Waals surface area contributed by atoms with Crippen molar-refractivity contribution in [2.45, 2.75) is 19.9 Å². The van der Waals surface area contributed by atoms with Crippen LogP contribution in [0.5, 0.6) is 0 Å². The van der Waals surface area contributed by atoms with Gasteiger partial charge in [-0.3, -0.25) is 19.5 Å². The molecule has 9 heteroatoms. The Labute approximate surface area is 172 Å². The van der Waals surface area contributed by atoms with E-state index in [1.165, 1.54) is 16.2 Å². The van der Waals surface area contributed by atoms with Crippen molar-refractivity contribution in [2.24, 2.45) is 0 Å². The summed E-state index contributed by atoms with van der Waals surface area (Å²) in [6.07, 6.45) is 3.42. The highest BCUT2D eigenvalue weighted by atomic mass is 32.1. The standard InChI is InChI=1S/C10H11N3O.C10H12N2O2S/c1-2-11-10(14)7-3-4-9-8(5-7)6-12-13-9;1-11-10(14)9-4-7-5-12(6-13)3-2-8(7)15-9/h3-6H,2H2,1H3,(H,11,14)(H,12,13);4,6H,2-3,5H2,1H3,(H,11,14). The van der Waals surface area contributed by atoms with Crippen molar-refractivity contribution in [2.75, 3.05) is 20.1 Å². The smallest absolute Gasteiger partial charge is 0.261 e. The molecule has 0 radical (unpaired) electrons. The van der Waals surface area contributed by atoms with Gasteiger partial charge in [0.05, 0.1) is 16.6 Å². The number of benzene rings is 1. The summed E-state index contributed by atoms with van der Waals surface area (Å²) in [6, 6.07) is 7.34. The lowest BCUT2D eigenvalue weighted by molar-refractivity contribution is -0.118. The van der Waals surface area contributed by atoms with Gasteiger partial charge in [-0.1, -0.05) is 0 Å². The van der Waals surface area contributed by atoms with Crippen LogP contribution in [-0.4, -0.2) is 53.5 Å². The van der Waals surface area contributed by atoms with E-state index in [9.17, 15) is 14.4 Å². The van der Waals surface area contributed by atoms with Crippen LogP contribution in [0.4, 0.5) is 0 Å². The quantitative estimate of drug-likeness (QED) is 0.568. The van der Waals surface area contributed by atoms with Crippen molar-refractivity contribution >= 4 is 40.5 Å². The number of H-pyrrole nitrogens is 1. The maximum Gasteiger partial charge on any atom is 0.261 e. The monoisotopic (exact) mass is 413 g/mol. The van der Waals surface area contributed by atoms with Gasteiger partial charge in [-0.25, -0.2) is 0 Å². The Morgan fingerprint density at radius 3 is 2.86 bits per heavy atom. The molecule has 3 amide bonds. The number of carbonyl (C=O) groups is 3. The first-order valence-corrected chi connectivity index (χ1v) is 10.1. The lowest BCUT2D eigenvalue weighted by Crippen LogP contribution is -2.27. The minimum Gasteiger partial charge on any atom is -0.354 e. The van der Waals surface area contributed by atoms with Crippen LogP contribution in [0, 0.1) is 0 Å². The third-order valence-corrected chi connectivity index (χ3v) is 5.77. The van der Waals surface area contributed by atoms with Gasteiger partial charge >= 0.3 is 0 Å². The highest BCUT2D eigenvalue weighted by Gasteiger charge is 2.19. The SMILES string of the molecule is CCNC(=O)c1ccc2[nH]ncc2c1.CNC(=O)c1cc2c(s1)CCN(C=O)C2. The lowest BCUT2D eigenvalue weighted by Gasteiger charge is -2.22. The molecule has 4 rings (SSSR count). The first-order valence-electron chi connectivity index (χ1n) is 9.30. The fraction of sp³-hybridized carbons (Fsp3) is 0.300. The van der Waals surface area contributed by atoms with E-state index < -0.39 is 0 Å². The third-order valence-electron chi connectivity index (χ3n) is 4.54. The molecule has 3 aromatic rings. The fourth-order valence-corrected chi connectivity index (χ4v) is 4.14. The molecule has 3 N–H and O–H groups in total.